The maximum absolute atomic E-state index is 11.6. The molecular weight excluding hydrogens is 228 g/mol. The number of rotatable bonds is 3. The molecule has 4 heteroatoms. The van der Waals surface area contributed by atoms with Gasteiger partial charge in [-0.3, -0.25) is 4.79 Å². The maximum atomic E-state index is 11.6. The number of aryl methyl sites for hydroxylation is 1. The third-order valence-electron chi connectivity index (χ3n) is 3.44. The molecule has 0 spiro atoms. The summed E-state index contributed by atoms with van der Waals surface area (Å²) in [4.78, 5) is 11.6. The van der Waals surface area contributed by atoms with Crippen LogP contribution in [-0.4, -0.2) is 31.7 Å². The summed E-state index contributed by atoms with van der Waals surface area (Å²) in [6, 6.07) is 6.03. The van der Waals surface area contributed by atoms with Crippen molar-refractivity contribution in [2.75, 3.05) is 19.0 Å². The zero-order chi connectivity index (χ0) is 13.1. The molecule has 0 aliphatic carbocycles. The van der Waals surface area contributed by atoms with Crippen molar-refractivity contribution in [1.29, 1.82) is 0 Å². The fourth-order valence-corrected chi connectivity index (χ4v) is 2.18. The molecule has 18 heavy (non-hydrogen) atoms. The van der Waals surface area contributed by atoms with E-state index in [4.69, 9.17) is 4.74 Å². The van der Waals surface area contributed by atoms with Gasteiger partial charge in [0, 0.05) is 24.9 Å². The third kappa shape index (κ3) is 2.64. The monoisotopic (exact) mass is 248 g/mol. The van der Waals surface area contributed by atoms with Gasteiger partial charge in [-0.05, 0) is 38.0 Å². The molecule has 1 fully saturated rings. The van der Waals surface area contributed by atoms with E-state index >= 15 is 0 Å². The Kier molecular flexibility index (Phi) is 3.87. The highest BCUT2D eigenvalue weighted by Gasteiger charge is 2.24. The molecule has 0 saturated carbocycles. The van der Waals surface area contributed by atoms with E-state index in [1.807, 2.05) is 25.1 Å². The Bertz CT molecular complexity index is 445. The van der Waals surface area contributed by atoms with E-state index < -0.39 is 0 Å². The van der Waals surface area contributed by atoms with Crippen LogP contribution in [0.15, 0.2) is 18.2 Å². The predicted molar refractivity (Wildman–Crippen MR) is 72.0 cm³/mol. The normalized spacial score (nSPS) is 22.8. The zero-order valence-electron chi connectivity index (χ0n) is 11.1. The molecule has 0 radical (unpaired) electrons. The summed E-state index contributed by atoms with van der Waals surface area (Å²) in [5, 5.41) is 6.11. The second-order valence-electron chi connectivity index (χ2n) is 4.72. The number of carbonyl (C=O) groups excluding carboxylic acids is 1. The summed E-state index contributed by atoms with van der Waals surface area (Å²) < 4.78 is 5.53. The molecule has 1 aromatic carbocycles. The average Bonchev–Trinajstić information content (AvgIpc) is 2.77. The molecule has 1 saturated heterocycles. The van der Waals surface area contributed by atoms with Crippen LogP contribution in [0.2, 0.25) is 0 Å². The Morgan fingerprint density at radius 2 is 2.22 bits per heavy atom. The van der Waals surface area contributed by atoms with Gasteiger partial charge < -0.3 is 15.4 Å². The Balaban J connectivity index is 2.18. The molecule has 2 atom stereocenters. The lowest BCUT2D eigenvalue weighted by molar-refractivity contribution is 0.0963. The van der Waals surface area contributed by atoms with Crippen molar-refractivity contribution in [1.82, 2.24) is 5.32 Å². The quantitative estimate of drug-likeness (QED) is 0.859. The lowest BCUT2D eigenvalue weighted by Crippen LogP contribution is -2.27. The van der Waals surface area contributed by atoms with Crippen molar-refractivity contribution in [3.63, 3.8) is 0 Å². The molecule has 98 valence electrons. The average molecular weight is 248 g/mol. The van der Waals surface area contributed by atoms with E-state index in [0.29, 0.717) is 11.6 Å². The first-order chi connectivity index (χ1) is 8.61. The number of ether oxygens (including phenoxy) is 1. The fourth-order valence-electron chi connectivity index (χ4n) is 2.18. The molecule has 1 amide bonds. The Labute approximate surface area is 108 Å². The van der Waals surface area contributed by atoms with E-state index in [9.17, 15) is 4.79 Å². The van der Waals surface area contributed by atoms with Gasteiger partial charge in [-0.15, -0.1) is 0 Å². The largest absolute Gasteiger partial charge is 0.379 e. The summed E-state index contributed by atoms with van der Waals surface area (Å²) in [7, 11) is 1.64. The number of hydrogen-bond acceptors (Lipinski definition) is 3. The van der Waals surface area contributed by atoms with Crippen molar-refractivity contribution in [2.45, 2.75) is 32.4 Å². The van der Waals surface area contributed by atoms with Crippen LogP contribution in [0.1, 0.15) is 29.3 Å². The van der Waals surface area contributed by atoms with Crippen molar-refractivity contribution in [3.8, 4) is 0 Å². The summed E-state index contributed by atoms with van der Waals surface area (Å²) in [6.07, 6.45) is 1.22. The van der Waals surface area contributed by atoms with E-state index in [2.05, 4.69) is 17.6 Å². The molecule has 0 bridgehead atoms. The van der Waals surface area contributed by atoms with Crippen molar-refractivity contribution < 1.29 is 9.53 Å². The Morgan fingerprint density at radius 3 is 2.83 bits per heavy atom. The summed E-state index contributed by atoms with van der Waals surface area (Å²) >= 11 is 0. The minimum Gasteiger partial charge on any atom is -0.379 e. The zero-order valence-corrected chi connectivity index (χ0v) is 11.1. The van der Waals surface area contributed by atoms with E-state index in [-0.39, 0.29) is 12.0 Å². The number of carbonyl (C=O) groups is 1. The smallest absolute Gasteiger partial charge is 0.251 e. The van der Waals surface area contributed by atoms with Crippen LogP contribution < -0.4 is 10.6 Å². The van der Waals surface area contributed by atoms with Crippen LogP contribution in [0.5, 0.6) is 0 Å². The number of nitrogens with one attached hydrogen (secondary N) is 2. The highest BCUT2D eigenvalue weighted by atomic mass is 16.5. The van der Waals surface area contributed by atoms with Crippen molar-refractivity contribution >= 4 is 11.6 Å². The lowest BCUT2D eigenvalue weighted by Gasteiger charge is -2.19. The fraction of sp³-hybridized carbons (Fsp3) is 0.500. The first-order valence-electron chi connectivity index (χ1n) is 6.32. The highest BCUT2D eigenvalue weighted by Crippen LogP contribution is 2.22. The van der Waals surface area contributed by atoms with Gasteiger partial charge in [-0.25, -0.2) is 0 Å². The molecule has 2 N–H and O–H groups in total. The standard InChI is InChI=1S/C14H20N2O2/c1-9-4-5-11(14(17)15-3)8-13(9)16-12-6-7-18-10(12)2/h4-5,8,10,12,16H,6-7H2,1-3H3,(H,15,17). The maximum Gasteiger partial charge on any atom is 0.251 e. The predicted octanol–water partition coefficient (Wildman–Crippen LogP) is 1.94. The van der Waals surface area contributed by atoms with Crippen LogP contribution in [-0.2, 0) is 4.74 Å². The van der Waals surface area contributed by atoms with Crippen LogP contribution in [0.25, 0.3) is 0 Å². The van der Waals surface area contributed by atoms with Crippen LogP contribution in [0.3, 0.4) is 0 Å². The lowest BCUT2D eigenvalue weighted by atomic mass is 10.1. The van der Waals surface area contributed by atoms with Gasteiger partial charge in [-0.1, -0.05) is 6.07 Å². The topological polar surface area (TPSA) is 50.4 Å². The van der Waals surface area contributed by atoms with Gasteiger partial charge in [0.25, 0.3) is 5.91 Å². The number of hydrogen-bond donors (Lipinski definition) is 2. The number of benzene rings is 1. The molecule has 1 aromatic rings. The molecule has 4 nitrogen and oxygen atoms in total. The first-order valence-corrected chi connectivity index (χ1v) is 6.32. The van der Waals surface area contributed by atoms with E-state index in [1.54, 1.807) is 7.05 Å². The minimum atomic E-state index is -0.0613. The summed E-state index contributed by atoms with van der Waals surface area (Å²) in [5.41, 5.74) is 2.83. The van der Waals surface area contributed by atoms with Gasteiger partial charge in [-0.2, -0.15) is 0 Å². The molecule has 1 aliphatic rings. The SMILES string of the molecule is CNC(=O)c1ccc(C)c(NC2CCOC2C)c1. The molecule has 2 rings (SSSR count). The molecule has 1 heterocycles. The van der Waals surface area contributed by atoms with Gasteiger partial charge >= 0.3 is 0 Å². The summed E-state index contributed by atoms with van der Waals surface area (Å²) in [6.45, 7) is 4.91. The Hall–Kier alpha value is -1.55. The van der Waals surface area contributed by atoms with E-state index in [0.717, 1.165) is 24.3 Å². The molecule has 0 aromatic heterocycles. The van der Waals surface area contributed by atoms with Gasteiger partial charge in [0.1, 0.15) is 0 Å². The first kappa shape index (κ1) is 12.9. The molecular formula is C14H20N2O2. The molecule has 2 unspecified atom stereocenters. The number of anilines is 1. The highest BCUT2D eigenvalue weighted by molar-refractivity contribution is 5.95. The van der Waals surface area contributed by atoms with E-state index in [1.165, 1.54) is 0 Å². The van der Waals surface area contributed by atoms with Crippen molar-refractivity contribution in [3.05, 3.63) is 29.3 Å². The van der Waals surface area contributed by atoms with Crippen LogP contribution >= 0.6 is 0 Å². The second kappa shape index (κ2) is 5.40. The van der Waals surface area contributed by atoms with Crippen LogP contribution in [0.4, 0.5) is 5.69 Å². The summed E-state index contributed by atoms with van der Waals surface area (Å²) in [5.74, 6) is -0.0613. The number of amides is 1. The second-order valence-corrected chi connectivity index (χ2v) is 4.72. The minimum absolute atomic E-state index is 0.0613. The Morgan fingerprint density at radius 1 is 1.44 bits per heavy atom. The molecule has 1 aliphatic heterocycles. The van der Waals surface area contributed by atoms with Crippen molar-refractivity contribution in [2.24, 2.45) is 0 Å². The third-order valence-corrected chi connectivity index (χ3v) is 3.44. The van der Waals surface area contributed by atoms with Crippen LogP contribution in [0, 0.1) is 6.92 Å². The van der Waals surface area contributed by atoms with Gasteiger partial charge in [0.2, 0.25) is 0 Å². The van der Waals surface area contributed by atoms with Gasteiger partial charge in [0.05, 0.1) is 12.1 Å². The van der Waals surface area contributed by atoms with Gasteiger partial charge in [0.15, 0.2) is 0 Å².